The zero-order valence-electron chi connectivity index (χ0n) is 16.6. The first kappa shape index (κ1) is 18.8. The molecule has 0 amide bonds. The Kier molecular flexibility index (Phi) is 4.00. The molecule has 7 nitrogen and oxygen atoms in total. The third-order valence-electron chi connectivity index (χ3n) is 5.94. The van der Waals surface area contributed by atoms with E-state index in [0.717, 1.165) is 5.71 Å². The summed E-state index contributed by atoms with van der Waals surface area (Å²) in [6.07, 6.45) is 2.05. The molecule has 4 rings (SSSR count). The molecule has 2 atom stereocenters. The highest BCUT2D eigenvalue weighted by atomic mass is 16.6. The van der Waals surface area contributed by atoms with E-state index in [9.17, 15) is 19.7 Å². The summed E-state index contributed by atoms with van der Waals surface area (Å²) in [5.41, 5.74) is 1.58. The van der Waals surface area contributed by atoms with E-state index in [1.165, 1.54) is 12.1 Å². The van der Waals surface area contributed by atoms with Crippen molar-refractivity contribution in [2.75, 3.05) is 0 Å². The molecular weight excluding hydrogens is 360 g/mol. The van der Waals surface area contributed by atoms with Crippen LogP contribution in [-0.2, 0) is 9.59 Å². The maximum Gasteiger partial charge on any atom is 0.433 e. The number of allylic oxidation sites excluding steroid dienone is 2. The van der Waals surface area contributed by atoms with Crippen molar-refractivity contribution in [1.82, 2.24) is 0 Å². The molecule has 1 fully saturated rings. The average Bonchev–Trinajstić information content (AvgIpc) is 3.00. The molecule has 0 bridgehead atoms. The first-order valence-corrected chi connectivity index (χ1v) is 9.58. The van der Waals surface area contributed by atoms with Crippen molar-refractivity contribution in [3.8, 4) is 0 Å². The smallest absolute Gasteiger partial charge is 0.405 e. The number of carbonyl (C=O) groups excluding carboxylic acids is 2. The number of hydrogen-bond acceptors (Lipinski definition) is 6. The average molecular weight is 384 g/mol. The van der Waals surface area contributed by atoms with Crippen LogP contribution < -0.4 is 0 Å². The standard InChI is InChI=1S/C21H24N2O5/c1-20(2)7-11-17(13(24)9-20)19(15-5-6-16(28-15)23(26)27)18-12(22-11)8-21(3,4)10-14(18)25/h5-6,17,19H,7-10H2,1-4H3. The van der Waals surface area contributed by atoms with E-state index in [-0.39, 0.29) is 28.3 Å². The summed E-state index contributed by atoms with van der Waals surface area (Å²) < 4.78 is 5.49. The van der Waals surface area contributed by atoms with Gasteiger partial charge in [-0.3, -0.25) is 24.7 Å². The lowest BCUT2D eigenvalue weighted by Crippen LogP contribution is -2.45. The van der Waals surface area contributed by atoms with Gasteiger partial charge in [0.25, 0.3) is 0 Å². The molecule has 2 unspecified atom stereocenters. The van der Waals surface area contributed by atoms with Gasteiger partial charge in [-0.1, -0.05) is 27.7 Å². The van der Waals surface area contributed by atoms with E-state index >= 15 is 0 Å². The van der Waals surface area contributed by atoms with Crippen LogP contribution in [0.1, 0.15) is 65.1 Å². The van der Waals surface area contributed by atoms with E-state index in [0.29, 0.717) is 42.7 Å². The maximum atomic E-state index is 13.1. The Morgan fingerprint density at radius 1 is 1.04 bits per heavy atom. The molecule has 1 aromatic rings. The maximum absolute atomic E-state index is 13.1. The third kappa shape index (κ3) is 3.02. The molecule has 2 heterocycles. The molecule has 1 aromatic heterocycles. The first-order valence-electron chi connectivity index (χ1n) is 9.58. The van der Waals surface area contributed by atoms with Gasteiger partial charge in [-0.2, -0.15) is 0 Å². The third-order valence-corrected chi connectivity index (χ3v) is 5.94. The number of rotatable bonds is 2. The molecule has 0 N–H and O–H groups in total. The van der Waals surface area contributed by atoms with Gasteiger partial charge in [0.1, 0.15) is 16.5 Å². The van der Waals surface area contributed by atoms with Gasteiger partial charge in [-0.15, -0.1) is 0 Å². The number of hydrogen-bond donors (Lipinski definition) is 0. The topological polar surface area (TPSA) is 103 Å². The fourth-order valence-electron chi connectivity index (χ4n) is 4.93. The zero-order chi connectivity index (χ0) is 20.4. The quantitative estimate of drug-likeness (QED) is 0.556. The summed E-state index contributed by atoms with van der Waals surface area (Å²) in [4.78, 5) is 41.5. The minimum absolute atomic E-state index is 0.0169. The van der Waals surface area contributed by atoms with Crippen molar-refractivity contribution in [2.45, 2.75) is 59.3 Å². The largest absolute Gasteiger partial charge is 0.433 e. The Balaban J connectivity index is 1.89. The number of carbonyl (C=O) groups is 2. The summed E-state index contributed by atoms with van der Waals surface area (Å²) in [5, 5.41) is 11.1. The molecule has 28 heavy (non-hydrogen) atoms. The highest BCUT2D eigenvalue weighted by Crippen LogP contribution is 2.51. The Morgan fingerprint density at radius 3 is 2.36 bits per heavy atom. The van der Waals surface area contributed by atoms with Crippen molar-refractivity contribution in [2.24, 2.45) is 21.7 Å². The van der Waals surface area contributed by atoms with Gasteiger partial charge >= 0.3 is 5.88 Å². The Labute approximate surface area is 163 Å². The highest BCUT2D eigenvalue weighted by Gasteiger charge is 2.51. The zero-order valence-corrected chi connectivity index (χ0v) is 16.6. The van der Waals surface area contributed by atoms with Crippen LogP contribution in [0.2, 0.25) is 0 Å². The van der Waals surface area contributed by atoms with Crippen LogP contribution in [0.5, 0.6) is 0 Å². The van der Waals surface area contributed by atoms with Crippen LogP contribution in [0.25, 0.3) is 0 Å². The van der Waals surface area contributed by atoms with Gasteiger partial charge in [0.15, 0.2) is 5.78 Å². The van der Waals surface area contributed by atoms with Gasteiger partial charge in [-0.25, -0.2) is 0 Å². The monoisotopic (exact) mass is 384 g/mol. The van der Waals surface area contributed by atoms with Crippen molar-refractivity contribution < 1.29 is 18.9 Å². The molecule has 0 radical (unpaired) electrons. The summed E-state index contributed by atoms with van der Waals surface area (Å²) >= 11 is 0. The number of nitro groups is 1. The van der Waals surface area contributed by atoms with Crippen LogP contribution in [0.15, 0.2) is 32.8 Å². The molecule has 3 aliphatic rings. The van der Waals surface area contributed by atoms with Crippen molar-refractivity contribution >= 4 is 23.2 Å². The predicted octanol–water partition coefficient (Wildman–Crippen LogP) is 4.37. The molecule has 7 heteroatoms. The van der Waals surface area contributed by atoms with Crippen LogP contribution in [-0.4, -0.2) is 22.2 Å². The molecule has 148 valence electrons. The first-order chi connectivity index (χ1) is 13.0. The number of aliphatic imine (C=N–C) groups is 1. The van der Waals surface area contributed by atoms with Gasteiger partial charge < -0.3 is 4.42 Å². The lowest BCUT2D eigenvalue weighted by Gasteiger charge is -2.43. The fourth-order valence-corrected chi connectivity index (χ4v) is 4.93. The van der Waals surface area contributed by atoms with Crippen molar-refractivity contribution in [3.63, 3.8) is 0 Å². The van der Waals surface area contributed by atoms with Crippen LogP contribution >= 0.6 is 0 Å². The van der Waals surface area contributed by atoms with E-state index < -0.39 is 16.8 Å². The highest BCUT2D eigenvalue weighted by molar-refractivity contribution is 6.13. The van der Waals surface area contributed by atoms with E-state index in [2.05, 4.69) is 0 Å². The lowest BCUT2D eigenvalue weighted by atomic mass is 9.61. The van der Waals surface area contributed by atoms with Gasteiger partial charge in [0, 0.05) is 29.8 Å². The molecule has 0 aromatic carbocycles. The second kappa shape index (κ2) is 5.96. The Hall–Kier alpha value is -2.57. The number of fused-ring (bicyclic) bond motifs is 1. The normalized spacial score (nSPS) is 28.5. The summed E-state index contributed by atoms with van der Waals surface area (Å²) in [7, 11) is 0. The van der Waals surface area contributed by atoms with E-state index in [4.69, 9.17) is 9.41 Å². The fraction of sp³-hybridized carbons (Fsp3) is 0.571. The number of nitrogens with zero attached hydrogens (tertiary/aromatic N) is 2. The van der Waals surface area contributed by atoms with Crippen LogP contribution in [0.3, 0.4) is 0 Å². The van der Waals surface area contributed by atoms with E-state index in [1.54, 1.807) is 0 Å². The van der Waals surface area contributed by atoms with Crippen molar-refractivity contribution in [1.29, 1.82) is 0 Å². The number of Topliss-reactive ketones (excluding diaryl/α,β-unsaturated/α-hetero) is 2. The van der Waals surface area contributed by atoms with Gasteiger partial charge in [-0.05, 0) is 29.7 Å². The van der Waals surface area contributed by atoms with Gasteiger partial charge in [0.2, 0.25) is 0 Å². The molecule has 1 saturated carbocycles. The molecule has 1 aliphatic heterocycles. The van der Waals surface area contributed by atoms with Crippen LogP contribution in [0.4, 0.5) is 5.88 Å². The second-order valence-electron chi connectivity index (χ2n) is 9.78. The molecular formula is C21H24N2O5. The summed E-state index contributed by atoms with van der Waals surface area (Å²) in [6.45, 7) is 8.14. The molecule has 2 aliphatic carbocycles. The predicted molar refractivity (Wildman–Crippen MR) is 102 cm³/mol. The summed E-state index contributed by atoms with van der Waals surface area (Å²) in [5.74, 6) is -1.31. The molecule has 0 saturated heterocycles. The summed E-state index contributed by atoms with van der Waals surface area (Å²) in [6, 6.07) is 2.81. The van der Waals surface area contributed by atoms with E-state index in [1.807, 2.05) is 27.7 Å². The minimum Gasteiger partial charge on any atom is -0.405 e. The van der Waals surface area contributed by atoms with Gasteiger partial charge in [0.05, 0.1) is 17.9 Å². The van der Waals surface area contributed by atoms with Crippen molar-refractivity contribution in [3.05, 3.63) is 39.3 Å². The minimum atomic E-state index is -0.622. The Bertz CT molecular complexity index is 963. The van der Waals surface area contributed by atoms with Crippen LogP contribution in [0, 0.1) is 26.9 Å². The lowest BCUT2D eigenvalue weighted by molar-refractivity contribution is -0.402. The number of furan rings is 1. The SMILES string of the molecule is CC1(C)CC(=O)C2C(=NC3=C(C(=O)CC(C)(C)C3)C2c2ccc([N+](=O)[O-])o2)C1. The second-order valence-corrected chi connectivity index (χ2v) is 9.78. The number of ketones is 2. The molecule has 0 spiro atoms. The Morgan fingerprint density at radius 2 is 1.71 bits per heavy atom.